The van der Waals surface area contributed by atoms with E-state index in [2.05, 4.69) is 15.3 Å². The molecule has 0 bridgehead atoms. The average Bonchev–Trinajstić information content (AvgIpc) is 3.81. The van der Waals surface area contributed by atoms with Crippen molar-refractivity contribution in [2.45, 2.75) is 51.0 Å². The molecule has 2 aliphatic rings. The number of benzene rings is 3. The van der Waals surface area contributed by atoms with E-state index in [0.717, 1.165) is 42.5 Å². The second kappa shape index (κ2) is 13.8. The Morgan fingerprint density at radius 2 is 1.73 bits per heavy atom. The molecule has 2 atom stereocenters. The number of unbranched alkanes of at least 4 members (excludes halogenated alkanes) is 2. The maximum atomic E-state index is 14.8. The van der Waals surface area contributed by atoms with Crippen LogP contribution in [0.3, 0.4) is 0 Å². The Kier molecular flexibility index (Phi) is 9.24. The number of aromatic amines is 1. The Labute approximate surface area is 299 Å². The van der Waals surface area contributed by atoms with E-state index in [-0.39, 0.29) is 52.1 Å². The first-order valence-corrected chi connectivity index (χ1v) is 17.3. The fraction of sp³-hybridized carbons (Fsp3) is 0.333. The van der Waals surface area contributed by atoms with Gasteiger partial charge in [-0.05, 0) is 49.2 Å². The van der Waals surface area contributed by atoms with Gasteiger partial charge in [-0.25, -0.2) is 4.98 Å². The molecular formula is C39H38ClN3O8. The Hall–Kier alpha value is -5.29. The molecule has 2 aromatic heterocycles. The van der Waals surface area contributed by atoms with Crippen LogP contribution < -0.4 is 24.3 Å². The lowest BCUT2D eigenvalue weighted by atomic mass is 9.70. The van der Waals surface area contributed by atoms with Gasteiger partial charge in [-0.3, -0.25) is 14.4 Å². The molecule has 2 unspecified atom stereocenters. The summed E-state index contributed by atoms with van der Waals surface area (Å²) in [5, 5.41) is 3.07. The van der Waals surface area contributed by atoms with E-state index in [1.807, 2.05) is 24.3 Å². The Bertz CT molecular complexity index is 2120. The number of amides is 1. The molecule has 1 aliphatic heterocycles. The molecule has 5 aromatic rings. The van der Waals surface area contributed by atoms with Crippen molar-refractivity contribution in [1.82, 2.24) is 15.3 Å². The van der Waals surface area contributed by atoms with Crippen molar-refractivity contribution in [1.29, 1.82) is 0 Å². The minimum Gasteiger partial charge on any atom is -0.497 e. The van der Waals surface area contributed by atoms with Crippen LogP contribution in [-0.2, 0) is 24.1 Å². The summed E-state index contributed by atoms with van der Waals surface area (Å²) in [6.45, 7) is 2.22. The molecule has 1 aliphatic carbocycles. The summed E-state index contributed by atoms with van der Waals surface area (Å²) in [7, 11) is 4.43. The van der Waals surface area contributed by atoms with E-state index < -0.39 is 23.1 Å². The second-order valence-corrected chi connectivity index (χ2v) is 13.3. The van der Waals surface area contributed by atoms with Gasteiger partial charge in [-0.1, -0.05) is 37.1 Å². The lowest BCUT2D eigenvalue weighted by Crippen LogP contribution is -2.56. The van der Waals surface area contributed by atoms with E-state index >= 15 is 0 Å². The molecule has 0 radical (unpaired) electrons. The van der Waals surface area contributed by atoms with Crippen LogP contribution in [0.25, 0.3) is 22.4 Å². The molecule has 3 aromatic carbocycles. The van der Waals surface area contributed by atoms with Crippen molar-refractivity contribution in [2.24, 2.45) is 5.92 Å². The first-order valence-electron chi connectivity index (χ1n) is 16.9. The first kappa shape index (κ1) is 34.2. The zero-order valence-electron chi connectivity index (χ0n) is 28.8. The van der Waals surface area contributed by atoms with E-state index in [9.17, 15) is 14.4 Å². The lowest BCUT2D eigenvalue weighted by Gasteiger charge is -2.35. The molecular weight excluding hydrogens is 674 g/mol. The molecule has 51 heavy (non-hydrogen) atoms. The second-order valence-electron chi connectivity index (χ2n) is 12.9. The molecule has 2 N–H and O–H groups in total. The van der Waals surface area contributed by atoms with Gasteiger partial charge < -0.3 is 33.7 Å². The number of ketones is 2. The monoisotopic (exact) mass is 711 g/mol. The van der Waals surface area contributed by atoms with Gasteiger partial charge >= 0.3 is 0 Å². The number of H-pyrrole nitrogens is 1. The van der Waals surface area contributed by atoms with Crippen LogP contribution in [0.15, 0.2) is 59.0 Å². The topological polar surface area (TPSA) is 142 Å². The molecule has 264 valence electrons. The molecule has 1 spiro atoms. The van der Waals surface area contributed by atoms with E-state index in [4.69, 9.17) is 35.0 Å². The summed E-state index contributed by atoms with van der Waals surface area (Å²) in [6, 6.07) is 16.6. The van der Waals surface area contributed by atoms with Gasteiger partial charge in [0.05, 0.1) is 44.3 Å². The molecule has 0 fully saturated rings. The third-order valence-corrected chi connectivity index (χ3v) is 10.1. The quantitative estimate of drug-likeness (QED) is 0.104. The van der Waals surface area contributed by atoms with Gasteiger partial charge in [0.1, 0.15) is 45.2 Å². The standard InChI is InChI=1S/C39H38ClN3O8/c1-21-18-28-32(37(45)39(21)38(46)33-27(48-3)20-29(49-4)34(40)36(33)51-39)24(35(50-28)22-13-15-23(47-2)16-14-22)19-31(44)41-17-9-5-6-12-30-42-25-10-7-8-11-26(25)43-30/h7-8,10-11,13-16,20-21H,5-6,9,12,17-19H2,1-4H3,(H,41,44)(H,42,43). The van der Waals surface area contributed by atoms with Gasteiger partial charge in [0.25, 0.3) is 0 Å². The average molecular weight is 712 g/mol. The summed E-state index contributed by atoms with van der Waals surface area (Å²) < 4.78 is 29.0. The van der Waals surface area contributed by atoms with Crippen molar-refractivity contribution in [2.75, 3.05) is 27.9 Å². The number of para-hydroxylation sites is 2. The fourth-order valence-corrected chi connectivity index (χ4v) is 7.41. The summed E-state index contributed by atoms with van der Waals surface area (Å²) in [6.07, 6.45) is 3.45. The number of nitrogens with zero attached hydrogens (tertiary/aromatic N) is 1. The number of ether oxygens (including phenoxy) is 4. The number of fused-ring (bicyclic) bond motifs is 3. The van der Waals surface area contributed by atoms with Crippen LogP contribution in [0.2, 0.25) is 5.02 Å². The highest BCUT2D eigenvalue weighted by molar-refractivity contribution is 6.36. The lowest BCUT2D eigenvalue weighted by molar-refractivity contribution is -0.120. The highest BCUT2D eigenvalue weighted by Gasteiger charge is 2.63. The molecule has 3 heterocycles. The molecule has 0 saturated heterocycles. The van der Waals surface area contributed by atoms with E-state index in [1.165, 1.54) is 20.3 Å². The summed E-state index contributed by atoms with van der Waals surface area (Å²) in [5.74, 6) is 0.735. The van der Waals surface area contributed by atoms with Crippen molar-refractivity contribution >= 4 is 40.1 Å². The number of furan rings is 1. The normalized spacial score (nSPS) is 17.7. The highest BCUT2D eigenvalue weighted by Crippen LogP contribution is 2.54. The molecule has 11 nitrogen and oxygen atoms in total. The third kappa shape index (κ3) is 5.89. The number of aryl methyl sites for hydroxylation is 1. The number of methoxy groups -OCH3 is 3. The minimum atomic E-state index is -1.94. The number of nitrogens with one attached hydrogen (secondary N) is 2. The van der Waals surface area contributed by atoms with Crippen molar-refractivity contribution in [3.05, 3.63) is 87.9 Å². The van der Waals surface area contributed by atoms with Crippen LogP contribution in [0, 0.1) is 5.92 Å². The summed E-state index contributed by atoms with van der Waals surface area (Å²) in [5.41, 5.74) is 1.32. The van der Waals surface area contributed by atoms with Crippen molar-refractivity contribution in [3.8, 4) is 34.3 Å². The number of imidazole rings is 1. The van der Waals surface area contributed by atoms with Gasteiger partial charge in [0.2, 0.25) is 23.1 Å². The molecule has 0 saturated carbocycles. The Balaban J connectivity index is 1.13. The largest absolute Gasteiger partial charge is 0.497 e. The zero-order chi connectivity index (χ0) is 35.9. The maximum absolute atomic E-state index is 14.8. The predicted molar refractivity (Wildman–Crippen MR) is 191 cm³/mol. The SMILES string of the molecule is COc1ccc(-c2oc3c(c2CC(=O)NCCCCCc2nc4ccccc4[nH]2)C(=O)C2(Oc4c(Cl)c(OC)cc(OC)c4C2=O)C(C)C3)cc1. The van der Waals surface area contributed by atoms with E-state index in [1.54, 1.807) is 38.3 Å². The van der Waals surface area contributed by atoms with Gasteiger partial charge in [0, 0.05) is 42.5 Å². The van der Waals surface area contributed by atoms with Crippen LogP contribution in [0.5, 0.6) is 23.0 Å². The Morgan fingerprint density at radius 3 is 2.45 bits per heavy atom. The third-order valence-electron chi connectivity index (χ3n) is 9.79. The number of aromatic nitrogens is 2. The van der Waals surface area contributed by atoms with Gasteiger partial charge in [0.15, 0.2) is 5.75 Å². The fourth-order valence-electron chi connectivity index (χ4n) is 7.15. The highest BCUT2D eigenvalue weighted by atomic mass is 35.5. The molecule has 7 rings (SSSR count). The summed E-state index contributed by atoms with van der Waals surface area (Å²) in [4.78, 5) is 50.6. The van der Waals surface area contributed by atoms with Crippen molar-refractivity contribution < 1.29 is 37.7 Å². The van der Waals surface area contributed by atoms with E-state index in [0.29, 0.717) is 34.9 Å². The Morgan fingerprint density at radius 1 is 0.980 bits per heavy atom. The van der Waals surface area contributed by atoms with Crippen LogP contribution >= 0.6 is 11.6 Å². The maximum Gasteiger partial charge on any atom is 0.237 e. The zero-order valence-corrected chi connectivity index (χ0v) is 29.6. The van der Waals surface area contributed by atoms with Gasteiger partial charge in [-0.2, -0.15) is 0 Å². The first-order chi connectivity index (χ1) is 24.7. The number of halogens is 1. The van der Waals surface area contributed by atoms with Crippen LogP contribution in [0.4, 0.5) is 0 Å². The number of rotatable bonds is 12. The number of hydrogen-bond acceptors (Lipinski definition) is 9. The molecule has 12 heteroatoms. The smallest absolute Gasteiger partial charge is 0.237 e. The van der Waals surface area contributed by atoms with Crippen molar-refractivity contribution in [3.63, 3.8) is 0 Å². The predicted octanol–water partition coefficient (Wildman–Crippen LogP) is 6.96. The van der Waals surface area contributed by atoms with Crippen LogP contribution in [-0.4, -0.2) is 60.9 Å². The number of Topliss-reactive ketones (excluding diaryl/α,β-unsaturated/α-hetero) is 2. The molecule has 1 amide bonds. The van der Waals surface area contributed by atoms with Crippen LogP contribution in [0.1, 0.15) is 64.1 Å². The number of carbonyl (C=O) groups excluding carboxylic acids is 3. The number of hydrogen-bond donors (Lipinski definition) is 2. The number of carbonyl (C=O) groups is 3. The van der Waals surface area contributed by atoms with Gasteiger partial charge in [-0.15, -0.1) is 0 Å². The minimum absolute atomic E-state index is 0.0278. The summed E-state index contributed by atoms with van der Waals surface area (Å²) >= 11 is 6.63.